The molecule has 10 heteroatoms. The minimum Gasteiger partial charge on any atom is -0.493 e. The molecule has 9 nitrogen and oxygen atoms in total. The van der Waals surface area contributed by atoms with Crippen LogP contribution >= 0.6 is 11.8 Å². The molecule has 1 aliphatic carbocycles. The van der Waals surface area contributed by atoms with Gasteiger partial charge in [-0.15, -0.1) is 16.7 Å². The van der Waals surface area contributed by atoms with Gasteiger partial charge < -0.3 is 24.4 Å². The minimum absolute atomic E-state index is 0.0392. The average molecular weight is 537 g/mol. The summed E-state index contributed by atoms with van der Waals surface area (Å²) in [5, 5.41) is 5.52. The Labute approximate surface area is 224 Å². The summed E-state index contributed by atoms with van der Waals surface area (Å²) in [4.78, 5) is 42.0. The Kier molecular flexibility index (Phi) is 8.52. The van der Waals surface area contributed by atoms with Crippen LogP contribution in [0.3, 0.4) is 0 Å². The van der Waals surface area contributed by atoms with E-state index in [0.717, 1.165) is 16.7 Å². The molecule has 0 saturated carbocycles. The van der Waals surface area contributed by atoms with E-state index in [-0.39, 0.29) is 17.9 Å². The number of carbonyl (C=O) groups excluding carboxylic acids is 1. The summed E-state index contributed by atoms with van der Waals surface area (Å²) in [7, 11) is 4.67. The van der Waals surface area contributed by atoms with Gasteiger partial charge in [0, 0.05) is 11.1 Å². The van der Waals surface area contributed by atoms with Crippen molar-refractivity contribution in [2.75, 3.05) is 27.6 Å². The predicted octanol–water partition coefficient (Wildman–Crippen LogP) is 5.08. The number of carbonyl (C=O) groups is 1. The van der Waals surface area contributed by atoms with E-state index in [9.17, 15) is 14.5 Å². The number of nitrogens with zero attached hydrogens (tertiary/aromatic N) is 1. The van der Waals surface area contributed by atoms with Gasteiger partial charge in [-0.25, -0.2) is 0 Å². The summed E-state index contributed by atoms with van der Waals surface area (Å²) >= 11 is 1.36. The van der Waals surface area contributed by atoms with Gasteiger partial charge in [0.05, 0.1) is 32.3 Å². The monoisotopic (exact) mass is 536 g/mol. The molecule has 198 valence electrons. The summed E-state index contributed by atoms with van der Waals surface area (Å²) < 4.78 is 17.0. The maximum absolute atomic E-state index is 13.4. The molecule has 1 amide bonds. The number of thioether (sulfide) groups is 1. The normalized spacial score (nSPS) is 13.8. The summed E-state index contributed by atoms with van der Waals surface area (Å²) in [5.74, 6) is 1.16. The number of methoxy groups -OCH3 is 3. The van der Waals surface area contributed by atoms with Crippen molar-refractivity contribution in [1.82, 2.24) is 5.32 Å². The number of rotatable bonds is 9. The van der Waals surface area contributed by atoms with Gasteiger partial charge in [0.25, 0.3) is 5.91 Å². The van der Waals surface area contributed by atoms with Gasteiger partial charge in [-0.3, -0.25) is 9.59 Å². The molecule has 0 aromatic heterocycles. The van der Waals surface area contributed by atoms with E-state index >= 15 is 0 Å². The highest BCUT2D eigenvalue weighted by atomic mass is 32.2. The van der Waals surface area contributed by atoms with Crippen molar-refractivity contribution in [2.45, 2.75) is 30.4 Å². The van der Waals surface area contributed by atoms with Gasteiger partial charge in [-0.1, -0.05) is 18.2 Å². The number of benzene rings is 2. The van der Waals surface area contributed by atoms with Crippen LogP contribution < -0.4 is 25.0 Å². The summed E-state index contributed by atoms with van der Waals surface area (Å²) in [6.45, 7) is -0.0392. The fourth-order valence-corrected chi connectivity index (χ4v) is 5.23. The largest absolute Gasteiger partial charge is 0.493 e. The van der Waals surface area contributed by atoms with Crippen LogP contribution in [0.15, 0.2) is 63.6 Å². The van der Waals surface area contributed by atoms with Gasteiger partial charge in [0.1, 0.15) is 6.61 Å². The summed E-state index contributed by atoms with van der Waals surface area (Å²) in [5.41, 5.74) is 4.07. The Morgan fingerprint density at radius 3 is 2.53 bits per heavy atom. The van der Waals surface area contributed by atoms with Crippen LogP contribution in [0.1, 0.15) is 39.5 Å². The summed E-state index contributed by atoms with van der Waals surface area (Å²) in [6.07, 6.45) is 2.96. The number of amides is 1. The molecule has 0 heterocycles. The zero-order valence-electron chi connectivity index (χ0n) is 21.5. The standard InChI is InChI=1S/C28H28N2O7S/c1-34-23-13-17-8-10-21(29-28(32)18-7-5-6-16(12-18)15-37-30-33)20-14-22(31)24(38-4)11-9-19(20)25(17)27(36-3)26(23)35-2/h5-7,9,11-14,21H,8,10,15H2,1-4H3,(H,29,32)/t21-/m0/s1. The highest BCUT2D eigenvalue weighted by molar-refractivity contribution is 7.98. The Morgan fingerprint density at radius 1 is 1.05 bits per heavy atom. The lowest BCUT2D eigenvalue weighted by Crippen LogP contribution is -2.29. The van der Waals surface area contributed by atoms with E-state index in [2.05, 4.69) is 15.5 Å². The van der Waals surface area contributed by atoms with Crippen LogP contribution in [0.5, 0.6) is 17.2 Å². The van der Waals surface area contributed by atoms with E-state index in [1.165, 1.54) is 11.8 Å². The van der Waals surface area contributed by atoms with Crippen molar-refractivity contribution >= 4 is 17.7 Å². The Hall–Kier alpha value is -4.05. The quantitative estimate of drug-likeness (QED) is 0.229. The van der Waals surface area contributed by atoms with E-state index in [0.29, 0.717) is 51.7 Å². The Morgan fingerprint density at radius 2 is 1.84 bits per heavy atom. The highest BCUT2D eigenvalue weighted by Gasteiger charge is 2.30. The molecule has 4 rings (SSSR count). The van der Waals surface area contributed by atoms with Gasteiger partial charge in [0.2, 0.25) is 5.75 Å². The number of fused-ring (bicyclic) bond motifs is 3. The number of aryl methyl sites for hydroxylation is 1. The van der Waals surface area contributed by atoms with Crippen molar-refractivity contribution in [3.63, 3.8) is 0 Å². The zero-order chi connectivity index (χ0) is 27.2. The lowest BCUT2D eigenvalue weighted by atomic mass is 9.95. The molecule has 0 spiro atoms. The van der Waals surface area contributed by atoms with E-state index in [1.807, 2.05) is 18.4 Å². The van der Waals surface area contributed by atoms with Crippen LogP contribution in [-0.2, 0) is 17.9 Å². The summed E-state index contributed by atoms with van der Waals surface area (Å²) in [6, 6.07) is 13.5. The molecule has 1 N–H and O–H groups in total. The van der Waals surface area contributed by atoms with E-state index < -0.39 is 6.04 Å². The van der Waals surface area contributed by atoms with Crippen LogP contribution in [-0.4, -0.2) is 33.5 Å². The first kappa shape index (κ1) is 27.0. The Bertz CT molecular complexity index is 1430. The molecule has 1 aliphatic rings. The number of hydrogen-bond acceptors (Lipinski definition) is 9. The third kappa shape index (κ3) is 5.31. The lowest BCUT2D eigenvalue weighted by Gasteiger charge is -2.20. The third-order valence-electron chi connectivity index (χ3n) is 6.50. The average Bonchev–Trinajstić information content (AvgIpc) is 3.19. The molecule has 0 radical (unpaired) electrons. The van der Waals surface area contributed by atoms with Crippen molar-refractivity contribution < 1.29 is 23.8 Å². The van der Waals surface area contributed by atoms with Crippen LogP contribution in [0.2, 0.25) is 0 Å². The van der Waals surface area contributed by atoms with Gasteiger partial charge >= 0.3 is 0 Å². The van der Waals surface area contributed by atoms with Gasteiger partial charge in [0.15, 0.2) is 22.3 Å². The molecule has 0 aliphatic heterocycles. The predicted molar refractivity (Wildman–Crippen MR) is 145 cm³/mol. The molecule has 3 aromatic carbocycles. The van der Waals surface area contributed by atoms with Gasteiger partial charge in [-0.2, -0.15) is 0 Å². The first-order chi connectivity index (χ1) is 18.4. The molecular formula is C28H28N2O7S. The smallest absolute Gasteiger partial charge is 0.251 e. The Balaban J connectivity index is 1.86. The molecule has 0 saturated heterocycles. The lowest BCUT2D eigenvalue weighted by molar-refractivity contribution is 0.0934. The van der Waals surface area contributed by atoms with Crippen molar-refractivity contribution in [3.05, 3.63) is 85.9 Å². The number of nitrogens with one attached hydrogen (secondary N) is 1. The maximum atomic E-state index is 13.4. The van der Waals surface area contributed by atoms with E-state index in [4.69, 9.17) is 14.2 Å². The maximum Gasteiger partial charge on any atom is 0.251 e. The molecule has 1 atom stereocenters. The fraction of sp³-hybridized carbons (Fsp3) is 0.286. The van der Waals surface area contributed by atoms with Crippen LogP contribution in [0.4, 0.5) is 0 Å². The topological polar surface area (TPSA) is 113 Å². The molecule has 0 unspecified atom stereocenters. The van der Waals surface area contributed by atoms with Gasteiger partial charge in [-0.05, 0) is 71.7 Å². The highest BCUT2D eigenvalue weighted by Crippen LogP contribution is 2.50. The molecule has 3 aromatic rings. The fourth-order valence-electron chi connectivity index (χ4n) is 4.76. The third-order valence-corrected chi connectivity index (χ3v) is 7.28. The number of hydrogen-bond donors (Lipinski definition) is 1. The SMILES string of the molecule is COc1cc2c(c(OC)c1OC)-c1ccc(SC)c(=O)cc1[C@@H](NC(=O)c1cccc(CON=O)c1)CC2. The first-order valence-corrected chi connectivity index (χ1v) is 13.1. The van der Waals surface area contributed by atoms with Crippen molar-refractivity contribution in [3.8, 4) is 28.4 Å². The number of ether oxygens (including phenoxy) is 3. The van der Waals surface area contributed by atoms with Crippen LogP contribution in [0.25, 0.3) is 11.1 Å². The second kappa shape index (κ2) is 12.0. The van der Waals surface area contributed by atoms with Crippen molar-refractivity contribution in [2.24, 2.45) is 5.34 Å². The molecule has 38 heavy (non-hydrogen) atoms. The zero-order valence-corrected chi connectivity index (χ0v) is 22.3. The molecular weight excluding hydrogens is 508 g/mol. The second-order valence-electron chi connectivity index (χ2n) is 8.57. The van der Waals surface area contributed by atoms with E-state index in [1.54, 1.807) is 57.7 Å². The molecule has 0 fully saturated rings. The second-order valence-corrected chi connectivity index (χ2v) is 9.42. The minimum atomic E-state index is -0.474. The first-order valence-electron chi connectivity index (χ1n) is 11.8. The van der Waals surface area contributed by atoms with Crippen LogP contribution in [0, 0.1) is 4.91 Å². The van der Waals surface area contributed by atoms with Crippen molar-refractivity contribution in [1.29, 1.82) is 0 Å². The molecule has 0 bridgehead atoms.